The van der Waals surface area contributed by atoms with Crippen molar-refractivity contribution in [1.29, 1.82) is 0 Å². The van der Waals surface area contributed by atoms with Gasteiger partial charge in [0.05, 0.1) is 5.69 Å². The minimum absolute atomic E-state index is 0.146. The Bertz CT molecular complexity index is 774. The minimum atomic E-state index is -0.146. The highest BCUT2D eigenvalue weighted by atomic mass is 19.1. The zero-order valence-corrected chi connectivity index (χ0v) is 16.3. The molecule has 1 aromatic heterocycles. The number of piperidine rings is 1. The molecule has 2 N–H and O–H groups in total. The van der Waals surface area contributed by atoms with Crippen LogP contribution in [-0.2, 0) is 13.1 Å². The first-order valence-electron chi connectivity index (χ1n) is 10.1. The number of benzene rings is 1. The highest BCUT2D eigenvalue weighted by Gasteiger charge is 2.36. The zero-order valence-electron chi connectivity index (χ0n) is 16.3. The second-order valence-corrected chi connectivity index (χ2v) is 7.95. The Balaban J connectivity index is 1.45. The summed E-state index contributed by atoms with van der Waals surface area (Å²) >= 11 is 0. The van der Waals surface area contributed by atoms with E-state index in [0.29, 0.717) is 17.9 Å². The number of aryl methyl sites for hydroxylation is 2. The van der Waals surface area contributed by atoms with Gasteiger partial charge < -0.3 is 0 Å². The van der Waals surface area contributed by atoms with Crippen molar-refractivity contribution in [1.82, 2.24) is 25.5 Å². The number of aromatic nitrogens is 2. The standard InChI is InChI=1S/C21H30FN5/c1-3-27-14-18(15(2)25-27)13-26-9-5-7-17(12-26)21-20(11-23-24-21)16-6-4-8-19(22)10-16/h4,6,8,10,14,17,20-21,23-24H,3,5,7,9,11-13H2,1-2H3. The maximum atomic E-state index is 13.7. The summed E-state index contributed by atoms with van der Waals surface area (Å²) < 4.78 is 15.7. The molecule has 6 heteroatoms. The summed E-state index contributed by atoms with van der Waals surface area (Å²) in [5.41, 5.74) is 10.4. The van der Waals surface area contributed by atoms with Crippen molar-refractivity contribution in [3.05, 3.63) is 53.1 Å². The number of hydrogen-bond donors (Lipinski definition) is 2. The first-order valence-corrected chi connectivity index (χ1v) is 10.1. The molecular weight excluding hydrogens is 341 g/mol. The lowest BCUT2D eigenvalue weighted by Gasteiger charge is -2.37. The average Bonchev–Trinajstić information content (AvgIpc) is 3.29. The van der Waals surface area contributed by atoms with Crippen LogP contribution in [0.15, 0.2) is 30.5 Å². The van der Waals surface area contributed by atoms with Gasteiger partial charge in [-0.05, 0) is 56.8 Å². The number of halogens is 1. The van der Waals surface area contributed by atoms with Crippen molar-refractivity contribution >= 4 is 0 Å². The Morgan fingerprint density at radius 2 is 2.22 bits per heavy atom. The van der Waals surface area contributed by atoms with E-state index >= 15 is 0 Å². The molecule has 3 atom stereocenters. The van der Waals surface area contributed by atoms with Crippen LogP contribution in [0.1, 0.15) is 42.5 Å². The molecule has 2 aromatic rings. The maximum Gasteiger partial charge on any atom is 0.123 e. The van der Waals surface area contributed by atoms with Gasteiger partial charge >= 0.3 is 0 Å². The van der Waals surface area contributed by atoms with Crippen LogP contribution in [-0.4, -0.2) is 40.4 Å². The van der Waals surface area contributed by atoms with Gasteiger partial charge in [-0.1, -0.05) is 12.1 Å². The molecule has 5 nitrogen and oxygen atoms in total. The van der Waals surface area contributed by atoms with Crippen molar-refractivity contribution in [2.24, 2.45) is 5.92 Å². The molecule has 27 heavy (non-hydrogen) atoms. The third kappa shape index (κ3) is 4.08. The summed E-state index contributed by atoms with van der Waals surface area (Å²) in [7, 11) is 0. The average molecular weight is 372 g/mol. The third-order valence-corrected chi connectivity index (χ3v) is 6.12. The lowest BCUT2D eigenvalue weighted by atomic mass is 9.81. The summed E-state index contributed by atoms with van der Waals surface area (Å²) in [5.74, 6) is 0.727. The molecule has 4 rings (SSSR count). The van der Waals surface area contributed by atoms with Crippen LogP contribution < -0.4 is 10.9 Å². The molecule has 2 aliphatic rings. The number of nitrogens with zero attached hydrogens (tertiary/aromatic N) is 3. The number of hydrazine groups is 1. The summed E-state index contributed by atoms with van der Waals surface area (Å²) in [6.07, 6.45) is 4.61. The molecule has 0 amide bonds. The molecule has 3 unspecified atom stereocenters. The Morgan fingerprint density at radius 1 is 1.33 bits per heavy atom. The van der Waals surface area contributed by atoms with Gasteiger partial charge in [0.2, 0.25) is 0 Å². The van der Waals surface area contributed by atoms with E-state index in [0.717, 1.165) is 44.0 Å². The van der Waals surface area contributed by atoms with E-state index in [1.165, 1.54) is 24.5 Å². The largest absolute Gasteiger partial charge is 0.299 e. The second kappa shape index (κ2) is 8.09. The predicted octanol–water partition coefficient (Wildman–Crippen LogP) is 2.82. The molecule has 0 bridgehead atoms. The van der Waals surface area contributed by atoms with Crippen LogP contribution in [0.5, 0.6) is 0 Å². The van der Waals surface area contributed by atoms with E-state index in [1.54, 1.807) is 6.07 Å². The van der Waals surface area contributed by atoms with Gasteiger partial charge in [-0.2, -0.15) is 5.10 Å². The van der Waals surface area contributed by atoms with Crippen LogP contribution >= 0.6 is 0 Å². The molecule has 1 aromatic carbocycles. The van der Waals surface area contributed by atoms with E-state index in [9.17, 15) is 4.39 Å². The smallest absolute Gasteiger partial charge is 0.123 e. The molecule has 2 saturated heterocycles. The highest BCUT2D eigenvalue weighted by molar-refractivity contribution is 5.24. The number of rotatable bonds is 5. The van der Waals surface area contributed by atoms with Crippen molar-refractivity contribution in [2.45, 2.75) is 51.7 Å². The van der Waals surface area contributed by atoms with Gasteiger partial charge in [0.1, 0.15) is 5.82 Å². The summed E-state index contributed by atoms with van der Waals surface area (Å²) in [5, 5.41) is 4.58. The van der Waals surface area contributed by atoms with Crippen LogP contribution in [0, 0.1) is 18.7 Å². The SMILES string of the molecule is CCn1cc(CN2CCCC(C3NNCC3c3cccc(F)c3)C2)c(C)n1. The van der Waals surface area contributed by atoms with E-state index in [-0.39, 0.29) is 5.82 Å². The number of hydrogen-bond acceptors (Lipinski definition) is 4. The molecule has 0 spiro atoms. The first-order chi connectivity index (χ1) is 13.1. The lowest BCUT2D eigenvalue weighted by Crippen LogP contribution is -2.46. The Hall–Kier alpha value is -1.76. The fraction of sp³-hybridized carbons (Fsp3) is 0.571. The third-order valence-electron chi connectivity index (χ3n) is 6.12. The molecular formula is C21H30FN5. The van der Waals surface area contributed by atoms with Gasteiger partial charge in [0, 0.05) is 49.9 Å². The van der Waals surface area contributed by atoms with Crippen LogP contribution in [0.3, 0.4) is 0 Å². The molecule has 0 saturated carbocycles. The number of nitrogens with one attached hydrogen (secondary N) is 2. The fourth-order valence-corrected chi connectivity index (χ4v) is 4.67. The Kier molecular flexibility index (Phi) is 5.57. The van der Waals surface area contributed by atoms with Crippen molar-refractivity contribution in [3.8, 4) is 0 Å². The fourth-order valence-electron chi connectivity index (χ4n) is 4.67. The van der Waals surface area contributed by atoms with Gasteiger partial charge in [0.15, 0.2) is 0 Å². The zero-order chi connectivity index (χ0) is 18.8. The first kappa shape index (κ1) is 18.6. The molecule has 0 radical (unpaired) electrons. The lowest BCUT2D eigenvalue weighted by molar-refractivity contribution is 0.139. The minimum Gasteiger partial charge on any atom is -0.299 e. The van der Waals surface area contributed by atoms with E-state index in [2.05, 4.69) is 47.0 Å². The summed E-state index contributed by atoms with van der Waals surface area (Å²) in [4.78, 5) is 2.56. The summed E-state index contributed by atoms with van der Waals surface area (Å²) in [6.45, 7) is 9.17. The molecule has 0 aliphatic carbocycles. The van der Waals surface area contributed by atoms with Gasteiger partial charge in [-0.15, -0.1) is 0 Å². The van der Waals surface area contributed by atoms with E-state index in [4.69, 9.17) is 0 Å². The van der Waals surface area contributed by atoms with Crippen molar-refractivity contribution < 1.29 is 4.39 Å². The normalized spacial score (nSPS) is 26.6. The van der Waals surface area contributed by atoms with Crippen LogP contribution in [0.2, 0.25) is 0 Å². The van der Waals surface area contributed by atoms with Gasteiger partial charge in [-0.25, -0.2) is 4.39 Å². The second-order valence-electron chi connectivity index (χ2n) is 7.95. The molecule has 2 aliphatic heterocycles. The predicted molar refractivity (Wildman–Crippen MR) is 105 cm³/mol. The van der Waals surface area contributed by atoms with Crippen molar-refractivity contribution in [2.75, 3.05) is 19.6 Å². The number of likely N-dealkylation sites (tertiary alicyclic amines) is 1. The van der Waals surface area contributed by atoms with Gasteiger partial charge in [-0.3, -0.25) is 20.4 Å². The quantitative estimate of drug-likeness (QED) is 0.848. The van der Waals surface area contributed by atoms with Gasteiger partial charge in [0.25, 0.3) is 0 Å². The van der Waals surface area contributed by atoms with Crippen LogP contribution in [0.4, 0.5) is 4.39 Å². The maximum absolute atomic E-state index is 13.7. The summed E-state index contributed by atoms with van der Waals surface area (Å²) in [6, 6.07) is 7.43. The Labute approximate surface area is 160 Å². The Morgan fingerprint density at radius 3 is 3.00 bits per heavy atom. The molecule has 146 valence electrons. The monoisotopic (exact) mass is 371 g/mol. The highest BCUT2D eigenvalue weighted by Crippen LogP contribution is 2.32. The van der Waals surface area contributed by atoms with Crippen molar-refractivity contribution in [3.63, 3.8) is 0 Å². The molecule has 3 heterocycles. The topological polar surface area (TPSA) is 45.1 Å². The van der Waals surface area contributed by atoms with Crippen LogP contribution in [0.25, 0.3) is 0 Å². The van der Waals surface area contributed by atoms with E-state index < -0.39 is 0 Å². The molecule has 2 fully saturated rings. The van der Waals surface area contributed by atoms with E-state index in [1.807, 2.05) is 10.7 Å².